The van der Waals surface area contributed by atoms with E-state index >= 15 is 0 Å². The number of hydrogen-bond acceptors (Lipinski definition) is 4. The molecule has 6 nitrogen and oxygen atoms in total. The Morgan fingerprint density at radius 1 is 1.25 bits per heavy atom. The van der Waals surface area contributed by atoms with Gasteiger partial charge in [0.1, 0.15) is 5.75 Å². The minimum Gasteiger partial charge on any atom is -0.497 e. The number of nitrogens with zero attached hydrogens (tertiary/aromatic N) is 1. The molecule has 0 aromatic heterocycles. The van der Waals surface area contributed by atoms with Crippen LogP contribution in [0, 0.1) is 0 Å². The molecule has 0 aliphatic carbocycles. The number of anilines is 1. The van der Waals surface area contributed by atoms with E-state index < -0.39 is 0 Å². The number of nitrogens with one attached hydrogen (secondary N) is 2. The fourth-order valence-electron chi connectivity index (χ4n) is 3.36. The molecule has 2 aliphatic rings. The number of methoxy groups -OCH3 is 1. The van der Waals surface area contributed by atoms with Gasteiger partial charge in [0.25, 0.3) is 0 Å². The van der Waals surface area contributed by atoms with Crippen molar-refractivity contribution in [3.8, 4) is 5.75 Å². The van der Waals surface area contributed by atoms with Gasteiger partial charge in [-0.2, -0.15) is 0 Å². The van der Waals surface area contributed by atoms with Crippen molar-refractivity contribution in [2.45, 2.75) is 37.8 Å². The van der Waals surface area contributed by atoms with E-state index in [1.54, 1.807) is 7.11 Å². The third-order valence-electron chi connectivity index (χ3n) is 4.76. The van der Waals surface area contributed by atoms with E-state index in [1.807, 2.05) is 24.3 Å². The molecule has 6 heteroatoms. The van der Waals surface area contributed by atoms with Crippen molar-refractivity contribution in [1.29, 1.82) is 0 Å². The summed E-state index contributed by atoms with van der Waals surface area (Å²) in [5, 5.41) is 5.94. The van der Waals surface area contributed by atoms with Crippen LogP contribution in [0.15, 0.2) is 24.3 Å². The normalized spacial score (nSPS) is 22.3. The minimum atomic E-state index is -0.141. The van der Waals surface area contributed by atoms with Crippen LogP contribution >= 0.6 is 0 Å². The first kappa shape index (κ1) is 17.0. The van der Waals surface area contributed by atoms with E-state index in [1.165, 1.54) is 12.8 Å². The third-order valence-corrected chi connectivity index (χ3v) is 4.76. The second kappa shape index (κ2) is 8.35. The number of carbonyl (C=O) groups is 1. The van der Waals surface area contributed by atoms with Crippen LogP contribution in [0.25, 0.3) is 0 Å². The van der Waals surface area contributed by atoms with Gasteiger partial charge in [0, 0.05) is 38.0 Å². The lowest BCUT2D eigenvalue weighted by molar-refractivity contribution is 0.0633. The maximum absolute atomic E-state index is 12.1. The largest absolute Gasteiger partial charge is 0.497 e. The highest BCUT2D eigenvalue weighted by Crippen LogP contribution is 2.18. The molecule has 1 aromatic carbocycles. The highest BCUT2D eigenvalue weighted by Gasteiger charge is 2.24. The van der Waals surface area contributed by atoms with Gasteiger partial charge in [0.05, 0.1) is 13.2 Å². The average Bonchev–Trinajstić information content (AvgIpc) is 3.10. The predicted octanol–water partition coefficient (Wildman–Crippen LogP) is 2.46. The van der Waals surface area contributed by atoms with Crippen LogP contribution in [-0.2, 0) is 4.74 Å². The first-order chi connectivity index (χ1) is 11.7. The highest BCUT2D eigenvalue weighted by molar-refractivity contribution is 5.89. The monoisotopic (exact) mass is 333 g/mol. The summed E-state index contributed by atoms with van der Waals surface area (Å²) >= 11 is 0. The Morgan fingerprint density at radius 3 is 2.62 bits per heavy atom. The maximum Gasteiger partial charge on any atom is 0.319 e. The van der Waals surface area contributed by atoms with Gasteiger partial charge in [0.15, 0.2) is 0 Å². The molecule has 1 atom stereocenters. The fourth-order valence-corrected chi connectivity index (χ4v) is 3.36. The Hall–Kier alpha value is -1.79. The van der Waals surface area contributed by atoms with Gasteiger partial charge in [-0.15, -0.1) is 0 Å². The van der Waals surface area contributed by atoms with Crippen LogP contribution < -0.4 is 15.4 Å². The summed E-state index contributed by atoms with van der Waals surface area (Å²) in [6.45, 7) is 3.99. The second-order valence-corrected chi connectivity index (χ2v) is 6.54. The number of hydrogen-bond donors (Lipinski definition) is 2. The molecule has 2 N–H and O–H groups in total. The molecule has 2 saturated heterocycles. The van der Waals surface area contributed by atoms with Gasteiger partial charge in [0.2, 0.25) is 0 Å². The lowest BCUT2D eigenvalue weighted by Gasteiger charge is -2.33. The molecule has 2 fully saturated rings. The summed E-state index contributed by atoms with van der Waals surface area (Å²) in [4.78, 5) is 14.6. The van der Waals surface area contributed by atoms with Crippen LogP contribution in [0.3, 0.4) is 0 Å². The van der Waals surface area contributed by atoms with E-state index in [2.05, 4.69) is 15.5 Å². The Balaban J connectivity index is 1.37. The van der Waals surface area contributed by atoms with Crippen molar-refractivity contribution in [2.24, 2.45) is 0 Å². The van der Waals surface area contributed by atoms with E-state index in [-0.39, 0.29) is 12.1 Å². The topological polar surface area (TPSA) is 62.8 Å². The number of piperidine rings is 1. The Morgan fingerprint density at radius 2 is 2.00 bits per heavy atom. The Kier molecular flexibility index (Phi) is 5.93. The van der Waals surface area contributed by atoms with Gasteiger partial charge in [-0.05, 0) is 49.9 Å². The zero-order chi connectivity index (χ0) is 16.8. The molecule has 0 radical (unpaired) electrons. The lowest BCUT2D eigenvalue weighted by atomic mass is 10.0. The molecule has 1 aromatic rings. The van der Waals surface area contributed by atoms with Crippen LogP contribution in [0.5, 0.6) is 5.75 Å². The van der Waals surface area contributed by atoms with Crippen molar-refractivity contribution in [3.63, 3.8) is 0 Å². The highest BCUT2D eigenvalue weighted by atomic mass is 16.5. The van der Waals surface area contributed by atoms with Crippen molar-refractivity contribution < 1.29 is 14.3 Å². The lowest BCUT2D eigenvalue weighted by Crippen LogP contribution is -2.47. The number of ether oxygens (including phenoxy) is 2. The molecule has 0 spiro atoms. The van der Waals surface area contributed by atoms with E-state index in [0.29, 0.717) is 6.10 Å². The summed E-state index contributed by atoms with van der Waals surface area (Å²) in [5.41, 5.74) is 0.768. The Bertz CT molecular complexity index is 521. The number of likely N-dealkylation sites (tertiary alicyclic amines) is 1. The molecule has 3 rings (SSSR count). The van der Waals surface area contributed by atoms with Crippen LogP contribution in [-0.4, -0.2) is 56.4 Å². The van der Waals surface area contributed by atoms with Crippen molar-refractivity contribution in [3.05, 3.63) is 24.3 Å². The molecule has 0 saturated carbocycles. The molecule has 2 heterocycles. The quantitative estimate of drug-likeness (QED) is 0.869. The number of rotatable bonds is 5. The van der Waals surface area contributed by atoms with E-state index in [0.717, 1.165) is 50.5 Å². The molecular formula is C18H27N3O3. The number of benzene rings is 1. The molecule has 0 bridgehead atoms. The molecule has 24 heavy (non-hydrogen) atoms. The summed E-state index contributed by atoms with van der Waals surface area (Å²) in [6.07, 6.45) is 4.76. The average molecular weight is 333 g/mol. The minimum absolute atomic E-state index is 0.141. The van der Waals surface area contributed by atoms with Gasteiger partial charge in [-0.1, -0.05) is 0 Å². The Labute approximate surface area is 143 Å². The smallest absolute Gasteiger partial charge is 0.319 e. The summed E-state index contributed by atoms with van der Waals surface area (Å²) < 4.78 is 10.8. The first-order valence-electron chi connectivity index (χ1n) is 8.78. The molecular weight excluding hydrogens is 306 g/mol. The van der Waals surface area contributed by atoms with E-state index in [4.69, 9.17) is 9.47 Å². The van der Waals surface area contributed by atoms with Crippen molar-refractivity contribution in [2.75, 3.05) is 38.7 Å². The van der Waals surface area contributed by atoms with Crippen LogP contribution in [0.2, 0.25) is 0 Å². The van der Waals surface area contributed by atoms with Crippen LogP contribution in [0.4, 0.5) is 10.5 Å². The summed E-state index contributed by atoms with van der Waals surface area (Å²) in [5.74, 6) is 0.777. The number of carbonyl (C=O) groups excluding carboxylic acids is 1. The molecule has 0 unspecified atom stereocenters. The molecule has 132 valence electrons. The number of amides is 2. The SMILES string of the molecule is COc1ccc(NC(=O)NC2CCN(C[C@@H]3CCCO3)CC2)cc1. The molecule has 2 amide bonds. The predicted molar refractivity (Wildman–Crippen MR) is 93.6 cm³/mol. The van der Waals surface area contributed by atoms with Crippen molar-refractivity contribution >= 4 is 11.7 Å². The van der Waals surface area contributed by atoms with Gasteiger partial charge >= 0.3 is 6.03 Å². The van der Waals surface area contributed by atoms with E-state index in [9.17, 15) is 4.79 Å². The van der Waals surface area contributed by atoms with Gasteiger partial charge < -0.3 is 25.0 Å². The zero-order valence-electron chi connectivity index (χ0n) is 14.3. The van der Waals surface area contributed by atoms with Crippen molar-refractivity contribution in [1.82, 2.24) is 10.2 Å². The van der Waals surface area contributed by atoms with Gasteiger partial charge in [-0.3, -0.25) is 0 Å². The fraction of sp³-hybridized carbons (Fsp3) is 0.611. The number of urea groups is 1. The summed E-state index contributed by atoms with van der Waals surface area (Å²) in [7, 11) is 1.63. The maximum atomic E-state index is 12.1. The zero-order valence-corrected chi connectivity index (χ0v) is 14.3. The van der Waals surface area contributed by atoms with Crippen LogP contribution in [0.1, 0.15) is 25.7 Å². The summed E-state index contributed by atoms with van der Waals surface area (Å²) in [6, 6.07) is 7.44. The molecule has 2 aliphatic heterocycles. The van der Waals surface area contributed by atoms with Gasteiger partial charge in [-0.25, -0.2) is 4.79 Å². The first-order valence-corrected chi connectivity index (χ1v) is 8.78. The second-order valence-electron chi connectivity index (χ2n) is 6.54. The third kappa shape index (κ3) is 4.85. The standard InChI is InChI=1S/C18H27N3O3/c1-23-16-6-4-14(5-7-16)19-18(22)20-15-8-10-21(11-9-15)13-17-3-2-12-24-17/h4-7,15,17H,2-3,8-13H2,1H3,(H2,19,20,22)/t17-/m0/s1.